The topological polar surface area (TPSA) is 74.9 Å². The van der Waals surface area contributed by atoms with Gasteiger partial charge in [-0.15, -0.1) is 0 Å². The summed E-state index contributed by atoms with van der Waals surface area (Å²) in [5, 5.41) is 1.10. The maximum atomic E-state index is 13.8. The first-order valence-corrected chi connectivity index (χ1v) is 14.4. The average molecular weight is 532 g/mol. The smallest absolute Gasteiger partial charge is 0.228 e. The summed E-state index contributed by atoms with van der Waals surface area (Å²) in [5.74, 6) is 2.12. The second kappa shape index (κ2) is 12.1. The van der Waals surface area contributed by atoms with Gasteiger partial charge in [-0.2, -0.15) is 0 Å². The van der Waals surface area contributed by atoms with Crippen LogP contribution in [0.2, 0.25) is 0 Å². The monoisotopic (exact) mass is 531 g/mol. The van der Waals surface area contributed by atoms with E-state index in [2.05, 4.69) is 17.1 Å². The van der Waals surface area contributed by atoms with Crippen molar-refractivity contribution in [2.24, 2.45) is 5.41 Å². The molecule has 208 valence electrons. The fourth-order valence-electron chi connectivity index (χ4n) is 6.25. The SMILES string of the molecule is COc1ccc2[nH]cc(CCC(=O)N3CCC4(CCCCCc5ccccc5OCCN(C)C4=O)CC3)c2c1. The molecule has 2 aliphatic heterocycles. The maximum absolute atomic E-state index is 13.8. The number of nitrogens with one attached hydrogen (secondary N) is 1. The Labute approximate surface area is 231 Å². The minimum absolute atomic E-state index is 0.165. The largest absolute Gasteiger partial charge is 0.497 e. The van der Waals surface area contributed by atoms with E-state index in [9.17, 15) is 9.59 Å². The summed E-state index contributed by atoms with van der Waals surface area (Å²) >= 11 is 0. The molecule has 39 heavy (non-hydrogen) atoms. The molecule has 0 atom stereocenters. The van der Waals surface area contributed by atoms with Crippen molar-refractivity contribution >= 4 is 22.7 Å². The van der Waals surface area contributed by atoms with E-state index in [-0.39, 0.29) is 17.2 Å². The average Bonchev–Trinajstić information content (AvgIpc) is 3.38. The van der Waals surface area contributed by atoms with Gasteiger partial charge in [-0.1, -0.05) is 31.0 Å². The maximum Gasteiger partial charge on any atom is 0.228 e. The Morgan fingerprint density at radius 3 is 2.69 bits per heavy atom. The molecule has 0 unspecified atom stereocenters. The molecular weight excluding hydrogens is 490 g/mol. The van der Waals surface area contributed by atoms with E-state index >= 15 is 0 Å². The van der Waals surface area contributed by atoms with Crippen LogP contribution in [0.1, 0.15) is 56.1 Å². The number of methoxy groups -OCH3 is 1. The van der Waals surface area contributed by atoms with Crippen molar-refractivity contribution in [3.8, 4) is 11.5 Å². The Morgan fingerprint density at radius 1 is 1.05 bits per heavy atom. The summed E-state index contributed by atoms with van der Waals surface area (Å²) in [7, 11) is 3.56. The van der Waals surface area contributed by atoms with Gasteiger partial charge in [0.15, 0.2) is 0 Å². The van der Waals surface area contributed by atoms with Gasteiger partial charge in [0.05, 0.1) is 19.1 Å². The van der Waals surface area contributed by atoms with E-state index in [0.29, 0.717) is 39.1 Å². The van der Waals surface area contributed by atoms with E-state index in [4.69, 9.17) is 9.47 Å². The number of carbonyl (C=O) groups is 2. The van der Waals surface area contributed by atoms with Crippen molar-refractivity contribution in [1.29, 1.82) is 0 Å². The first-order chi connectivity index (χ1) is 19.0. The highest BCUT2D eigenvalue weighted by molar-refractivity contribution is 5.86. The summed E-state index contributed by atoms with van der Waals surface area (Å²) in [6.07, 6.45) is 9.68. The molecule has 7 heteroatoms. The molecule has 1 fully saturated rings. The number of fused-ring (bicyclic) bond motifs is 2. The molecule has 7 nitrogen and oxygen atoms in total. The number of likely N-dealkylation sites (tertiary alicyclic amines) is 1. The normalized spacial score (nSPS) is 18.6. The summed E-state index contributed by atoms with van der Waals surface area (Å²) in [6.45, 7) is 2.33. The quantitative estimate of drug-likeness (QED) is 0.491. The molecule has 2 aromatic carbocycles. The molecule has 1 saturated heterocycles. The minimum Gasteiger partial charge on any atom is -0.497 e. The summed E-state index contributed by atoms with van der Waals surface area (Å²) in [5.41, 5.74) is 3.04. The van der Waals surface area contributed by atoms with Gasteiger partial charge in [0.25, 0.3) is 0 Å². The van der Waals surface area contributed by atoms with Crippen molar-refractivity contribution in [3.63, 3.8) is 0 Å². The highest BCUT2D eigenvalue weighted by Crippen LogP contribution is 2.39. The van der Waals surface area contributed by atoms with Crippen LogP contribution in [0.3, 0.4) is 0 Å². The van der Waals surface area contributed by atoms with Gasteiger partial charge >= 0.3 is 0 Å². The summed E-state index contributed by atoms with van der Waals surface area (Å²) in [4.78, 5) is 34.1. The molecule has 1 spiro atoms. The number of aryl methyl sites for hydroxylation is 2. The zero-order valence-corrected chi connectivity index (χ0v) is 23.3. The van der Waals surface area contributed by atoms with Crippen molar-refractivity contribution in [3.05, 3.63) is 59.8 Å². The molecule has 0 saturated carbocycles. The Balaban J connectivity index is 1.19. The molecule has 1 N–H and O–H groups in total. The van der Waals surface area contributed by atoms with Gasteiger partial charge in [0, 0.05) is 43.7 Å². The van der Waals surface area contributed by atoms with Gasteiger partial charge in [-0.3, -0.25) is 9.59 Å². The Kier molecular flexibility index (Phi) is 8.44. The number of amides is 2. The van der Waals surface area contributed by atoms with E-state index in [1.807, 2.05) is 53.4 Å². The molecule has 2 amide bonds. The number of aromatic nitrogens is 1. The van der Waals surface area contributed by atoms with Crippen LogP contribution in [0, 0.1) is 5.41 Å². The number of rotatable bonds is 4. The summed E-state index contributed by atoms with van der Waals surface area (Å²) in [6, 6.07) is 14.2. The molecule has 3 aromatic rings. The van der Waals surface area contributed by atoms with E-state index < -0.39 is 0 Å². The van der Waals surface area contributed by atoms with Gasteiger partial charge in [-0.25, -0.2) is 0 Å². The lowest BCUT2D eigenvalue weighted by Gasteiger charge is -2.42. The van der Waals surface area contributed by atoms with Crippen LogP contribution in [0.5, 0.6) is 11.5 Å². The lowest BCUT2D eigenvalue weighted by Crippen LogP contribution is -2.51. The Bertz CT molecular complexity index is 1290. The third kappa shape index (κ3) is 6.07. The molecule has 1 aromatic heterocycles. The molecular formula is C32H41N3O4. The fraction of sp³-hybridized carbons (Fsp3) is 0.500. The van der Waals surface area contributed by atoms with E-state index in [0.717, 1.165) is 72.9 Å². The number of carbonyl (C=O) groups excluding carboxylic acids is 2. The van der Waals surface area contributed by atoms with Gasteiger partial charge < -0.3 is 24.3 Å². The predicted octanol–water partition coefficient (Wildman–Crippen LogP) is 5.37. The standard InChI is InChI=1S/C32H41N3O4/c1-34-20-21-39-29-10-6-5-9-24(29)8-4-3-7-15-32(31(34)37)16-18-35(19-17-32)30(36)14-11-25-23-33-28-13-12-26(38-2)22-27(25)28/h5-6,9-10,12-13,22-23,33H,3-4,7-8,11,14-21H2,1-2H3. The third-order valence-corrected chi connectivity index (χ3v) is 8.71. The number of likely N-dealkylation sites (N-methyl/N-ethyl adjacent to an activating group) is 1. The lowest BCUT2D eigenvalue weighted by atomic mass is 9.73. The number of hydrogen-bond acceptors (Lipinski definition) is 4. The number of piperidine rings is 1. The van der Waals surface area contributed by atoms with Crippen LogP contribution >= 0.6 is 0 Å². The third-order valence-electron chi connectivity index (χ3n) is 8.71. The first-order valence-electron chi connectivity index (χ1n) is 14.4. The number of H-pyrrole nitrogens is 1. The molecule has 2 aliphatic rings. The van der Waals surface area contributed by atoms with E-state index in [1.165, 1.54) is 5.56 Å². The van der Waals surface area contributed by atoms with Crippen LogP contribution in [-0.2, 0) is 22.4 Å². The predicted molar refractivity (Wildman–Crippen MR) is 153 cm³/mol. The Morgan fingerprint density at radius 2 is 1.87 bits per heavy atom. The number of para-hydroxylation sites is 1. The van der Waals surface area contributed by atoms with Crippen molar-refractivity contribution in [2.45, 2.75) is 57.8 Å². The lowest BCUT2D eigenvalue weighted by molar-refractivity contribution is -0.148. The second-order valence-corrected chi connectivity index (χ2v) is 11.1. The molecule has 5 rings (SSSR count). The van der Waals surface area contributed by atoms with Crippen molar-refractivity contribution in [2.75, 3.05) is 40.4 Å². The second-order valence-electron chi connectivity index (χ2n) is 11.1. The molecule has 0 bridgehead atoms. The molecule has 0 radical (unpaired) electrons. The number of benzene rings is 2. The minimum atomic E-state index is -0.389. The van der Waals surface area contributed by atoms with E-state index in [1.54, 1.807) is 7.11 Å². The van der Waals surface area contributed by atoms with Crippen molar-refractivity contribution in [1.82, 2.24) is 14.8 Å². The van der Waals surface area contributed by atoms with Crippen molar-refractivity contribution < 1.29 is 19.1 Å². The number of ether oxygens (including phenoxy) is 2. The summed E-state index contributed by atoms with van der Waals surface area (Å²) < 4.78 is 11.5. The van der Waals surface area contributed by atoms with Crippen LogP contribution in [0.4, 0.5) is 0 Å². The van der Waals surface area contributed by atoms with Gasteiger partial charge in [-0.05, 0) is 73.9 Å². The molecule has 0 aliphatic carbocycles. The van der Waals surface area contributed by atoms with Gasteiger partial charge in [0.1, 0.15) is 18.1 Å². The zero-order valence-electron chi connectivity index (χ0n) is 23.3. The van der Waals surface area contributed by atoms with Crippen LogP contribution in [0.15, 0.2) is 48.7 Å². The highest BCUT2D eigenvalue weighted by Gasteiger charge is 2.43. The van der Waals surface area contributed by atoms with Crippen LogP contribution < -0.4 is 9.47 Å². The molecule has 3 heterocycles. The Hall–Kier alpha value is -3.48. The highest BCUT2D eigenvalue weighted by atomic mass is 16.5. The number of aromatic amines is 1. The van der Waals surface area contributed by atoms with Crippen LogP contribution in [-0.4, -0.2) is 67.0 Å². The zero-order chi connectivity index (χ0) is 27.2. The number of hydrogen-bond donors (Lipinski definition) is 1. The fourth-order valence-corrected chi connectivity index (χ4v) is 6.25. The number of nitrogens with zero attached hydrogens (tertiary/aromatic N) is 2. The van der Waals surface area contributed by atoms with Gasteiger partial charge in [0.2, 0.25) is 11.8 Å². The first kappa shape index (κ1) is 27.1. The van der Waals surface area contributed by atoms with Crippen LogP contribution in [0.25, 0.3) is 10.9 Å².